The third-order valence-corrected chi connectivity index (χ3v) is 3.87. The number of hydrogen-bond donors (Lipinski definition) is 2. The number of aliphatic hydroxyl groups is 1. The summed E-state index contributed by atoms with van der Waals surface area (Å²) in [5.41, 5.74) is 2.39. The highest BCUT2D eigenvalue weighted by atomic mass is 35.5. The molecule has 1 aromatic carbocycles. The lowest BCUT2D eigenvalue weighted by Crippen LogP contribution is -2.34. The van der Waals surface area contributed by atoms with Crippen molar-refractivity contribution >= 4 is 17.5 Å². The number of aliphatic hydroxyl groups excluding tert-OH is 1. The van der Waals surface area contributed by atoms with Crippen LogP contribution >= 0.6 is 11.6 Å². The summed E-state index contributed by atoms with van der Waals surface area (Å²) in [6, 6.07) is 8.52. The zero-order valence-electron chi connectivity index (χ0n) is 12.9. The second kappa shape index (κ2) is 6.94. The Morgan fingerprint density at radius 1 is 1.41 bits per heavy atom. The molecule has 0 bridgehead atoms. The van der Waals surface area contributed by atoms with E-state index >= 15 is 0 Å². The van der Waals surface area contributed by atoms with Gasteiger partial charge in [-0.1, -0.05) is 29.8 Å². The zero-order valence-corrected chi connectivity index (χ0v) is 13.6. The van der Waals surface area contributed by atoms with Gasteiger partial charge in [-0.05, 0) is 32.9 Å². The number of carbonyl (C=O) groups excluding carboxylic acids is 1. The van der Waals surface area contributed by atoms with Crippen LogP contribution in [-0.4, -0.2) is 27.3 Å². The van der Waals surface area contributed by atoms with Crippen molar-refractivity contribution in [2.75, 3.05) is 6.54 Å². The fourth-order valence-corrected chi connectivity index (χ4v) is 2.61. The number of hydrogen-bond acceptors (Lipinski definition) is 3. The Balaban J connectivity index is 1.98. The average molecular weight is 322 g/mol. The molecule has 5 nitrogen and oxygen atoms in total. The zero-order chi connectivity index (χ0) is 16.3. The van der Waals surface area contributed by atoms with Gasteiger partial charge in [0.25, 0.3) is 0 Å². The Kier molecular flexibility index (Phi) is 5.21. The largest absolute Gasteiger partial charge is 0.387 e. The third-order valence-electron chi connectivity index (χ3n) is 3.52. The molecule has 0 aliphatic heterocycles. The topological polar surface area (TPSA) is 67.2 Å². The minimum absolute atomic E-state index is 0.103. The quantitative estimate of drug-likeness (QED) is 0.889. The molecule has 1 aromatic heterocycles. The first-order valence-corrected chi connectivity index (χ1v) is 7.51. The molecule has 2 N–H and O–H groups in total. The summed E-state index contributed by atoms with van der Waals surface area (Å²) in [6.45, 7) is 5.67. The smallest absolute Gasteiger partial charge is 0.244 e. The average Bonchev–Trinajstić information content (AvgIpc) is 2.82. The van der Waals surface area contributed by atoms with E-state index in [9.17, 15) is 9.90 Å². The SMILES string of the molecule is Cc1cc(C)n(C(C)C(=O)NCC(O)c2ccccc2Cl)n1. The van der Waals surface area contributed by atoms with Crippen LogP contribution in [0.1, 0.15) is 36.0 Å². The van der Waals surface area contributed by atoms with Crippen molar-refractivity contribution in [3.63, 3.8) is 0 Å². The molecule has 0 spiro atoms. The molecule has 2 unspecified atom stereocenters. The molecule has 2 rings (SSSR count). The lowest BCUT2D eigenvalue weighted by molar-refractivity contribution is -0.124. The second-order valence-corrected chi connectivity index (χ2v) is 5.74. The van der Waals surface area contributed by atoms with Gasteiger partial charge in [0.15, 0.2) is 0 Å². The molecular formula is C16H20ClN3O2. The van der Waals surface area contributed by atoms with Gasteiger partial charge in [-0.25, -0.2) is 0 Å². The number of amides is 1. The number of halogens is 1. The third kappa shape index (κ3) is 3.67. The monoisotopic (exact) mass is 321 g/mol. The number of benzene rings is 1. The van der Waals surface area contributed by atoms with Crippen molar-refractivity contribution in [1.82, 2.24) is 15.1 Å². The first-order valence-electron chi connectivity index (χ1n) is 7.13. The summed E-state index contributed by atoms with van der Waals surface area (Å²) in [5.74, 6) is -0.197. The van der Waals surface area contributed by atoms with Crippen molar-refractivity contribution in [2.24, 2.45) is 0 Å². The number of rotatable bonds is 5. The summed E-state index contributed by atoms with van der Waals surface area (Å²) in [5, 5.41) is 17.7. The van der Waals surface area contributed by atoms with E-state index in [2.05, 4.69) is 10.4 Å². The Bertz CT molecular complexity index is 669. The molecule has 0 fully saturated rings. The molecule has 0 saturated heterocycles. The summed E-state index contributed by atoms with van der Waals surface area (Å²) in [7, 11) is 0. The standard InChI is InChI=1S/C16H20ClN3O2/c1-10-8-11(2)20(19-10)12(3)16(22)18-9-15(21)13-6-4-5-7-14(13)17/h4-8,12,15,21H,9H2,1-3H3,(H,18,22). The van der Waals surface area contributed by atoms with Crippen molar-refractivity contribution in [3.8, 4) is 0 Å². The van der Waals surface area contributed by atoms with E-state index in [1.165, 1.54) is 0 Å². The number of aryl methyl sites for hydroxylation is 2. The van der Waals surface area contributed by atoms with Crippen LogP contribution in [0.4, 0.5) is 0 Å². The van der Waals surface area contributed by atoms with Gasteiger partial charge in [0.05, 0.1) is 11.8 Å². The Labute approximate surface area is 134 Å². The van der Waals surface area contributed by atoms with Crippen LogP contribution in [0.2, 0.25) is 5.02 Å². The van der Waals surface area contributed by atoms with Gasteiger partial charge in [0.1, 0.15) is 6.04 Å². The van der Waals surface area contributed by atoms with E-state index in [0.29, 0.717) is 10.6 Å². The minimum Gasteiger partial charge on any atom is -0.387 e. The van der Waals surface area contributed by atoms with Gasteiger partial charge < -0.3 is 10.4 Å². The highest BCUT2D eigenvalue weighted by Crippen LogP contribution is 2.22. The maximum Gasteiger partial charge on any atom is 0.244 e. The Morgan fingerprint density at radius 2 is 2.09 bits per heavy atom. The van der Waals surface area contributed by atoms with Crippen LogP contribution in [0.25, 0.3) is 0 Å². The highest BCUT2D eigenvalue weighted by molar-refractivity contribution is 6.31. The van der Waals surface area contributed by atoms with Crippen LogP contribution in [0, 0.1) is 13.8 Å². The molecule has 1 amide bonds. The van der Waals surface area contributed by atoms with Crippen LogP contribution in [0.5, 0.6) is 0 Å². The molecule has 118 valence electrons. The maximum absolute atomic E-state index is 12.2. The molecule has 6 heteroatoms. The van der Waals surface area contributed by atoms with Crippen molar-refractivity contribution in [2.45, 2.75) is 32.9 Å². The van der Waals surface area contributed by atoms with Crippen molar-refractivity contribution < 1.29 is 9.90 Å². The van der Waals surface area contributed by atoms with Crippen molar-refractivity contribution in [3.05, 3.63) is 52.3 Å². The molecule has 0 saturated carbocycles. The van der Waals surface area contributed by atoms with E-state index < -0.39 is 12.1 Å². The Morgan fingerprint density at radius 3 is 2.68 bits per heavy atom. The van der Waals surface area contributed by atoms with E-state index in [0.717, 1.165) is 11.4 Å². The highest BCUT2D eigenvalue weighted by Gasteiger charge is 2.19. The summed E-state index contributed by atoms with van der Waals surface area (Å²) >= 11 is 6.03. The molecule has 2 aromatic rings. The van der Waals surface area contributed by atoms with Gasteiger partial charge in [0.2, 0.25) is 5.91 Å². The fourth-order valence-electron chi connectivity index (χ4n) is 2.35. The number of nitrogens with one attached hydrogen (secondary N) is 1. The minimum atomic E-state index is -0.842. The number of aromatic nitrogens is 2. The molecule has 1 heterocycles. The fraction of sp³-hybridized carbons (Fsp3) is 0.375. The normalized spacial score (nSPS) is 13.7. The summed E-state index contributed by atoms with van der Waals surface area (Å²) < 4.78 is 1.67. The van der Waals surface area contributed by atoms with Crippen molar-refractivity contribution in [1.29, 1.82) is 0 Å². The second-order valence-electron chi connectivity index (χ2n) is 5.33. The first kappa shape index (κ1) is 16.5. The lowest BCUT2D eigenvalue weighted by atomic mass is 10.1. The molecular weight excluding hydrogens is 302 g/mol. The van der Waals surface area contributed by atoms with Crippen LogP contribution in [-0.2, 0) is 4.79 Å². The van der Waals surface area contributed by atoms with Gasteiger partial charge in [-0.3, -0.25) is 9.48 Å². The molecule has 2 atom stereocenters. The predicted molar refractivity (Wildman–Crippen MR) is 85.8 cm³/mol. The van der Waals surface area contributed by atoms with Gasteiger partial charge in [0, 0.05) is 22.8 Å². The summed E-state index contributed by atoms with van der Waals surface area (Å²) in [6.07, 6.45) is -0.842. The van der Waals surface area contributed by atoms with Gasteiger partial charge >= 0.3 is 0 Å². The number of nitrogens with zero attached hydrogens (tertiary/aromatic N) is 2. The van der Waals surface area contributed by atoms with Crippen LogP contribution < -0.4 is 5.32 Å². The van der Waals surface area contributed by atoms with E-state index in [-0.39, 0.29) is 12.5 Å². The molecule has 0 aliphatic carbocycles. The Hall–Kier alpha value is -1.85. The lowest BCUT2D eigenvalue weighted by Gasteiger charge is -2.17. The molecule has 22 heavy (non-hydrogen) atoms. The number of carbonyl (C=O) groups is 1. The maximum atomic E-state index is 12.2. The summed E-state index contributed by atoms with van der Waals surface area (Å²) in [4.78, 5) is 12.2. The van der Waals surface area contributed by atoms with E-state index in [1.54, 1.807) is 35.9 Å². The molecule has 0 radical (unpaired) electrons. The predicted octanol–water partition coefficient (Wildman–Crippen LogP) is 2.56. The van der Waals surface area contributed by atoms with Crippen LogP contribution in [0.15, 0.2) is 30.3 Å². The van der Waals surface area contributed by atoms with E-state index in [1.807, 2.05) is 19.9 Å². The van der Waals surface area contributed by atoms with Gasteiger partial charge in [-0.15, -0.1) is 0 Å². The van der Waals surface area contributed by atoms with E-state index in [4.69, 9.17) is 11.6 Å². The first-order chi connectivity index (χ1) is 10.4. The van der Waals surface area contributed by atoms with Crippen LogP contribution in [0.3, 0.4) is 0 Å². The molecule has 0 aliphatic rings. The van der Waals surface area contributed by atoms with Gasteiger partial charge in [-0.2, -0.15) is 5.10 Å².